The normalized spacial score (nSPS) is 12.6. The van der Waals surface area contributed by atoms with Gasteiger partial charge in [-0.3, -0.25) is 4.98 Å². The van der Waals surface area contributed by atoms with Crippen molar-refractivity contribution >= 4 is 22.9 Å². The third-order valence-electron chi connectivity index (χ3n) is 2.42. The highest BCUT2D eigenvalue weighted by atomic mass is 35.5. The van der Waals surface area contributed by atoms with Crippen LogP contribution in [0.4, 0.5) is 0 Å². The molecule has 1 atom stereocenters. The largest absolute Gasteiger partial charge is 0.327 e. The lowest BCUT2D eigenvalue weighted by Gasteiger charge is -2.11. The van der Waals surface area contributed by atoms with Crippen LogP contribution in [0.2, 0.25) is 5.02 Å². The number of hydrogen-bond acceptors (Lipinski definition) is 3. The second-order valence-corrected chi connectivity index (χ2v) is 4.95. The van der Waals surface area contributed by atoms with Crippen molar-refractivity contribution in [3.05, 3.63) is 51.4 Å². The van der Waals surface area contributed by atoms with Crippen LogP contribution in [0.25, 0.3) is 0 Å². The second kappa shape index (κ2) is 5.43. The zero-order valence-corrected chi connectivity index (χ0v) is 10.3. The maximum atomic E-state index is 6.09. The van der Waals surface area contributed by atoms with E-state index in [1.54, 1.807) is 23.7 Å². The Hall–Kier alpha value is -0.900. The van der Waals surface area contributed by atoms with E-state index in [1.807, 2.05) is 6.07 Å². The van der Waals surface area contributed by atoms with Gasteiger partial charge in [-0.15, -0.1) is 0 Å². The van der Waals surface area contributed by atoms with Gasteiger partial charge in [-0.05, 0) is 46.9 Å². The first-order valence-electron chi connectivity index (χ1n) is 5.11. The number of pyridine rings is 1. The van der Waals surface area contributed by atoms with E-state index in [2.05, 4.69) is 21.8 Å². The fourth-order valence-electron chi connectivity index (χ4n) is 1.64. The first kappa shape index (κ1) is 11.6. The van der Waals surface area contributed by atoms with Crippen molar-refractivity contribution in [1.29, 1.82) is 0 Å². The van der Waals surface area contributed by atoms with Crippen molar-refractivity contribution in [1.82, 2.24) is 4.98 Å². The van der Waals surface area contributed by atoms with E-state index in [4.69, 9.17) is 17.3 Å². The molecule has 0 bridgehead atoms. The van der Waals surface area contributed by atoms with Crippen LogP contribution in [0.5, 0.6) is 0 Å². The van der Waals surface area contributed by atoms with Gasteiger partial charge in [0.15, 0.2) is 0 Å². The monoisotopic (exact) mass is 252 g/mol. The predicted molar refractivity (Wildman–Crippen MR) is 68.9 cm³/mol. The van der Waals surface area contributed by atoms with Gasteiger partial charge < -0.3 is 5.73 Å². The Balaban J connectivity index is 1.97. The van der Waals surface area contributed by atoms with E-state index in [1.165, 1.54) is 5.56 Å². The lowest BCUT2D eigenvalue weighted by atomic mass is 10.0. The zero-order chi connectivity index (χ0) is 11.4. The van der Waals surface area contributed by atoms with E-state index < -0.39 is 0 Å². The van der Waals surface area contributed by atoms with Gasteiger partial charge in [0.2, 0.25) is 0 Å². The highest BCUT2D eigenvalue weighted by Gasteiger charge is 2.08. The third-order valence-corrected chi connectivity index (χ3v) is 3.49. The van der Waals surface area contributed by atoms with Crippen molar-refractivity contribution in [2.45, 2.75) is 18.9 Å². The van der Waals surface area contributed by atoms with Gasteiger partial charge in [-0.1, -0.05) is 11.6 Å². The van der Waals surface area contributed by atoms with Crippen LogP contribution in [-0.4, -0.2) is 11.0 Å². The fourth-order valence-corrected chi connectivity index (χ4v) is 2.51. The van der Waals surface area contributed by atoms with Crippen molar-refractivity contribution in [3.63, 3.8) is 0 Å². The summed E-state index contributed by atoms with van der Waals surface area (Å²) in [6.07, 6.45) is 5.09. The van der Waals surface area contributed by atoms with Gasteiger partial charge in [-0.2, -0.15) is 11.3 Å². The summed E-state index contributed by atoms with van der Waals surface area (Å²) in [6, 6.07) is 4.14. The fraction of sp³-hybridized carbons (Fsp3) is 0.250. The average molecular weight is 253 g/mol. The Bertz CT molecular complexity index is 442. The smallest absolute Gasteiger partial charge is 0.0621 e. The lowest BCUT2D eigenvalue weighted by Crippen LogP contribution is -2.25. The van der Waals surface area contributed by atoms with Crippen molar-refractivity contribution in [2.75, 3.05) is 0 Å². The molecule has 2 heterocycles. The molecule has 1 unspecified atom stereocenters. The molecule has 84 valence electrons. The first-order chi connectivity index (χ1) is 7.75. The average Bonchev–Trinajstić information content (AvgIpc) is 2.74. The first-order valence-corrected chi connectivity index (χ1v) is 6.43. The summed E-state index contributed by atoms with van der Waals surface area (Å²) >= 11 is 7.73. The van der Waals surface area contributed by atoms with Crippen LogP contribution in [0.3, 0.4) is 0 Å². The molecule has 0 aliphatic heterocycles. The quantitative estimate of drug-likeness (QED) is 0.909. The maximum Gasteiger partial charge on any atom is 0.0621 e. The number of thiophene rings is 1. The van der Waals surface area contributed by atoms with Crippen molar-refractivity contribution in [3.8, 4) is 0 Å². The van der Waals surface area contributed by atoms with E-state index in [-0.39, 0.29) is 6.04 Å². The molecule has 2 rings (SSSR count). The topological polar surface area (TPSA) is 38.9 Å². The second-order valence-electron chi connectivity index (χ2n) is 3.77. The van der Waals surface area contributed by atoms with E-state index in [0.29, 0.717) is 5.02 Å². The molecule has 0 fully saturated rings. The Labute approximate surface area is 104 Å². The molecule has 0 amide bonds. The van der Waals surface area contributed by atoms with Gasteiger partial charge in [0.1, 0.15) is 0 Å². The van der Waals surface area contributed by atoms with Gasteiger partial charge in [0, 0.05) is 18.4 Å². The molecule has 0 aliphatic rings. The van der Waals surface area contributed by atoms with E-state index in [0.717, 1.165) is 18.4 Å². The molecule has 0 spiro atoms. The predicted octanol–water partition coefficient (Wildman–Crippen LogP) is 2.91. The molecule has 0 radical (unpaired) electrons. The number of rotatable bonds is 4. The zero-order valence-electron chi connectivity index (χ0n) is 8.77. The van der Waals surface area contributed by atoms with Crippen LogP contribution in [0, 0.1) is 0 Å². The number of nitrogens with zero attached hydrogens (tertiary/aromatic N) is 1. The summed E-state index contributed by atoms with van der Waals surface area (Å²) < 4.78 is 0. The molecule has 2 aromatic heterocycles. The molecule has 2 aromatic rings. The van der Waals surface area contributed by atoms with Gasteiger partial charge in [0.25, 0.3) is 0 Å². The van der Waals surface area contributed by atoms with E-state index in [9.17, 15) is 0 Å². The highest BCUT2D eigenvalue weighted by Crippen LogP contribution is 2.16. The highest BCUT2D eigenvalue weighted by molar-refractivity contribution is 7.07. The summed E-state index contributed by atoms with van der Waals surface area (Å²) in [7, 11) is 0. The van der Waals surface area contributed by atoms with Crippen LogP contribution in [0.1, 0.15) is 11.1 Å². The summed E-state index contributed by atoms with van der Waals surface area (Å²) in [5.41, 5.74) is 8.45. The molecular weight excluding hydrogens is 240 g/mol. The lowest BCUT2D eigenvalue weighted by molar-refractivity contribution is 0.665. The van der Waals surface area contributed by atoms with Crippen LogP contribution in [-0.2, 0) is 12.8 Å². The minimum Gasteiger partial charge on any atom is -0.327 e. The molecule has 0 saturated carbocycles. The molecule has 0 aromatic carbocycles. The Morgan fingerprint density at radius 2 is 2.25 bits per heavy atom. The maximum absolute atomic E-state index is 6.09. The van der Waals surface area contributed by atoms with Gasteiger partial charge in [0.05, 0.1) is 5.02 Å². The number of aromatic nitrogens is 1. The molecule has 16 heavy (non-hydrogen) atoms. The molecular formula is C12H13ClN2S. The number of hydrogen-bond donors (Lipinski definition) is 1. The van der Waals surface area contributed by atoms with Crippen molar-refractivity contribution in [2.24, 2.45) is 5.73 Å². The van der Waals surface area contributed by atoms with Crippen LogP contribution < -0.4 is 5.73 Å². The number of halogens is 1. The summed E-state index contributed by atoms with van der Waals surface area (Å²) in [4.78, 5) is 3.96. The van der Waals surface area contributed by atoms with Crippen molar-refractivity contribution < 1.29 is 0 Å². The van der Waals surface area contributed by atoms with Gasteiger partial charge in [-0.25, -0.2) is 0 Å². The minimum absolute atomic E-state index is 0.106. The molecule has 2 nitrogen and oxygen atoms in total. The third kappa shape index (κ3) is 3.04. The summed E-state index contributed by atoms with van der Waals surface area (Å²) in [5.74, 6) is 0. The molecule has 0 aliphatic carbocycles. The standard InChI is InChI=1S/C12H13ClN2S/c13-12-7-15-3-1-10(12)6-11(14)5-9-2-4-16-8-9/h1-4,7-8,11H,5-6,14H2. The van der Waals surface area contributed by atoms with E-state index >= 15 is 0 Å². The summed E-state index contributed by atoms with van der Waals surface area (Å²) in [5, 5.41) is 4.90. The SMILES string of the molecule is NC(Cc1ccsc1)Cc1ccncc1Cl. The minimum atomic E-state index is 0.106. The van der Waals surface area contributed by atoms with Crippen LogP contribution >= 0.6 is 22.9 Å². The molecule has 0 saturated heterocycles. The molecule has 2 N–H and O–H groups in total. The number of nitrogens with two attached hydrogens (primary N) is 1. The molecule has 4 heteroatoms. The van der Waals surface area contributed by atoms with Gasteiger partial charge >= 0.3 is 0 Å². The Morgan fingerprint density at radius 3 is 2.94 bits per heavy atom. The Kier molecular flexibility index (Phi) is 3.93. The Morgan fingerprint density at radius 1 is 1.38 bits per heavy atom. The summed E-state index contributed by atoms with van der Waals surface area (Å²) in [6.45, 7) is 0. The van der Waals surface area contributed by atoms with Crippen LogP contribution in [0.15, 0.2) is 35.3 Å².